The molecule has 4 rings (SSSR count). The van der Waals surface area contributed by atoms with Crippen LogP contribution < -0.4 is 5.32 Å². The summed E-state index contributed by atoms with van der Waals surface area (Å²) in [4.78, 5) is 20.3. The summed E-state index contributed by atoms with van der Waals surface area (Å²) in [6, 6.07) is 12.1. The first-order chi connectivity index (χ1) is 12.7. The highest BCUT2D eigenvalue weighted by Gasteiger charge is 2.24. The van der Waals surface area contributed by atoms with Crippen molar-refractivity contribution in [1.82, 2.24) is 15.2 Å². The van der Waals surface area contributed by atoms with E-state index in [-0.39, 0.29) is 5.91 Å². The van der Waals surface area contributed by atoms with Crippen LogP contribution in [0.2, 0.25) is 4.34 Å². The molecular weight excluding hydrogens is 386 g/mol. The highest BCUT2D eigenvalue weighted by molar-refractivity contribution is 7.18. The number of aromatic nitrogens is 1. The molecule has 0 spiro atoms. The molecule has 4 nitrogen and oxygen atoms in total. The summed E-state index contributed by atoms with van der Waals surface area (Å²) in [5.41, 5.74) is 1.10. The van der Waals surface area contributed by atoms with Gasteiger partial charge in [-0.15, -0.1) is 22.7 Å². The number of likely N-dealkylation sites (tertiary alicyclic amines) is 1. The number of hydrogen-bond donors (Lipinski definition) is 1. The fourth-order valence-electron chi connectivity index (χ4n) is 3.29. The molecule has 136 valence electrons. The van der Waals surface area contributed by atoms with Gasteiger partial charge in [-0.05, 0) is 50.2 Å². The quantitative estimate of drug-likeness (QED) is 0.679. The molecule has 3 aromatic rings. The van der Waals surface area contributed by atoms with E-state index in [0.717, 1.165) is 40.7 Å². The number of piperidine rings is 1. The molecule has 0 saturated carbocycles. The smallest absolute Gasteiger partial charge is 0.234 e. The Hall–Kier alpha value is -1.47. The first-order valence-corrected chi connectivity index (χ1v) is 10.8. The van der Waals surface area contributed by atoms with E-state index < -0.39 is 0 Å². The van der Waals surface area contributed by atoms with E-state index in [1.807, 2.05) is 29.5 Å². The summed E-state index contributed by atoms with van der Waals surface area (Å²) >= 11 is 9.23. The first kappa shape index (κ1) is 17.9. The maximum Gasteiger partial charge on any atom is 0.234 e. The minimum absolute atomic E-state index is 0.0768. The molecule has 3 heterocycles. The highest BCUT2D eigenvalue weighted by Crippen LogP contribution is 2.33. The van der Waals surface area contributed by atoms with Crippen molar-refractivity contribution in [2.24, 2.45) is 0 Å². The molecule has 26 heavy (non-hydrogen) atoms. The standard InChI is InChI=1S/C19H20ClN3OS2/c20-17-6-5-14(25-17)11-21-18(24)12-23-9-7-13(8-10-23)19-22-15-3-1-2-4-16(15)26-19/h1-6,13H,7-12H2,(H,21,24). The minimum Gasteiger partial charge on any atom is -0.350 e. The zero-order chi connectivity index (χ0) is 17.9. The Morgan fingerprint density at radius 3 is 2.73 bits per heavy atom. The van der Waals surface area contributed by atoms with Crippen LogP contribution in [0.1, 0.15) is 28.6 Å². The number of halogens is 1. The van der Waals surface area contributed by atoms with Crippen LogP contribution in [0.3, 0.4) is 0 Å². The number of carbonyl (C=O) groups is 1. The van der Waals surface area contributed by atoms with E-state index in [2.05, 4.69) is 28.4 Å². The van der Waals surface area contributed by atoms with Gasteiger partial charge in [0.25, 0.3) is 0 Å². The highest BCUT2D eigenvalue weighted by atomic mass is 35.5. The first-order valence-electron chi connectivity index (χ1n) is 8.76. The molecule has 0 bridgehead atoms. The van der Waals surface area contributed by atoms with Crippen molar-refractivity contribution >= 4 is 50.4 Å². The van der Waals surface area contributed by atoms with Gasteiger partial charge in [0.05, 0.1) is 32.7 Å². The molecule has 1 aliphatic heterocycles. The number of thiazole rings is 1. The zero-order valence-electron chi connectivity index (χ0n) is 14.3. The van der Waals surface area contributed by atoms with Gasteiger partial charge < -0.3 is 5.32 Å². The molecule has 0 radical (unpaired) electrons. The normalized spacial score (nSPS) is 16.2. The van der Waals surface area contributed by atoms with E-state index >= 15 is 0 Å². The van der Waals surface area contributed by atoms with Crippen LogP contribution in [0, 0.1) is 0 Å². The number of hydrogen-bond acceptors (Lipinski definition) is 5. The molecule has 0 unspecified atom stereocenters. The summed E-state index contributed by atoms with van der Waals surface area (Å²) < 4.78 is 2.02. The summed E-state index contributed by atoms with van der Waals surface area (Å²) in [5.74, 6) is 0.591. The Balaban J connectivity index is 1.26. The number of thiophene rings is 1. The molecule has 2 aromatic heterocycles. The fourth-order valence-corrected chi connectivity index (χ4v) is 5.46. The summed E-state index contributed by atoms with van der Waals surface area (Å²) in [7, 11) is 0. The molecular formula is C19H20ClN3OS2. The van der Waals surface area contributed by atoms with Gasteiger partial charge in [-0.1, -0.05) is 23.7 Å². The maximum atomic E-state index is 12.2. The lowest BCUT2D eigenvalue weighted by atomic mass is 9.97. The Labute approximate surface area is 165 Å². The number of rotatable bonds is 5. The summed E-state index contributed by atoms with van der Waals surface area (Å²) in [5, 5.41) is 4.22. The zero-order valence-corrected chi connectivity index (χ0v) is 16.7. The Bertz CT molecular complexity index is 866. The SMILES string of the molecule is O=C(CN1CCC(c2nc3ccccc3s2)CC1)NCc1ccc(Cl)s1. The number of fused-ring (bicyclic) bond motifs is 1. The van der Waals surface area contributed by atoms with Gasteiger partial charge in [-0.3, -0.25) is 9.69 Å². The predicted octanol–water partition coefficient (Wildman–Crippen LogP) is 4.51. The van der Waals surface area contributed by atoms with Gasteiger partial charge in [-0.2, -0.15) is 0 Å². The Morgan fingerprint density at radius 1 is 1.19 bits per heavy atom. The maximum absolute atomic E-state index is 12.2. The molecule has 1 N–H and O–H groups in total. The van der Waals surface area contributed by atoms with Crippen LogP contribution >= 0.6 is 34.3 Å². The van der Waals surface area contributed by atoms with E-state index in [1.54, 1.807) is 0 Å². The van der Waals surface area contributed by atoms with Crippen molar-refractivity contribution in [3.63, 3.8) is 0 Å². The van der Waals surface area contributed by atoms with Crippen molar-refractivity contribution in [3.05, 3.63) is 50.6 Å². The number of nitrogens with zero attached hydrogens (tertiary/aromatic N) is 2. The second kappa shape index (κ2) is 8.05. The van der Waals surface area contributed by atoms with Crippen molar-refractivity contribution in [3.8, 4) is 0 Å². The van der Waals surface area contributed by atoms with Crippen LogP contribution in [-0.2, 0) is 11.3 Å². The number of nitrogens with one attached hydrogen (secondary N) is 1. The van der Waals surface area contributed by atoms with E-state index in [1.165, 1.54) is 21.0 Å². The van der Waals surface area contributed by atoms with E-state index in [9.17, 15) is 4.79 Å². The monoisotopic (exact) mass is 405 g/mol. The van der Waals surface area contributed by atoms with Crippen LogP contribution in [0.15, 0.2) is 36.4 Å². The van der Waals surface area contributed by atoms with Crippen LogP contribution in [0.4, 0.5) is 0 Å². The van der Waals surface area contributed by atoms with Gasteiger partial charge in [0, 0.05) is 10.8 Å². The molecule has 7 heteroatoms. The lowest BCUT2D eigenvalue weighted by Crippen LogP contribution is -2.40. The molecule has 1 saturated heterocycles. The number of para-hydroxylation sites is 1. The predicted molar refractivity (Wildman–Crippen MR) is 109 cm³/mol. The number of carbonyl (C=O) groups excluding carboxylic acids is 1. The number of benzene rings is 1. The molecule has 1 aromatic carbocycles. The molecule has 0 atom stereocenters. The third-order valence-electron chi connectivity index (χ3n) is 4.70. The van der Waals surface area contributed by atoms with Crippen LogP contribution in [0.5, 0.6) is 0 Å². The van der Waals surface area contributed by atoms with Crippen LogP contribution in [0.25, 0.3) is 10.2 Å². The largest absolute Gasteiger partial charge is 0.350 e. The van der Waals surface area contributed by atoms with Gasteiger partial charge in [0.2, 0.25) is 5.91 Å². The van der Waals surface area contributed by atoms with Gasteiger partial charge in [0.15, 0.2) is 0 Å². The summed E-state index contributed by atoms with van der Waals surface area (Å²) in [6.07, 6.45) is 2.13. The summed E-state index contributed by atoms with van der Waals surface area (Å²) in [6.45, 7) is 2.90. The van der Waals surface area contributed by atoms with E-state index in [4.69, 9.17) is 16.6 Å². The van der Waals surface area contributed by atoms with Crippen molar-refractivity contribution in [2.75, 3.05) is 19.6 Å². The molecule has 0 aliphatic carbocycles. The molecule has 1 aliphatic rings. The second-order valence-electron chi connectivity index (χ2n) is 6.55. The lowest BCUT2D eigenvalue weighted by molar-refractivity contribution is -0.122. The third-order valence-corrected chi connectivity index (χ3v) is 7.13. The Kier molecular flexibility index (Phi) is 5.55. The lowest BCUT2D eigenvalue weighted by Gasteiger charge is -2.30. The third kappa shape index (κ3) is 4.26. The van der Waals surface area contributed by atoms with Crippen molar-refractivity contribution < 1.29 is 4.79 Å². The molecule has 1 fully saturated rings. The minimum atomic E-state index is 0.0768. The van der Waals surface area contributed by atoms with E-state index in [0.29, 0.717) is 19.0 Å². The topological polar surface area (TPSA) is 45.2 Å². The number of amides is 1. The Morgan fingerprint density at radius 2 is 2.00 bits per heavy atom. The van der Waals surface area contributed by atoms with Gasteiger partial charge in [-0.25, -0.2) is 4.98 Å². The van der Waals surface area contributed by atoms with Gasteiger partial charge in [0.1, 0.15) is 0 Å². The molecule has 1 amide bonds. The second-order valence-corrected chi connectivity index (χ2v) is 9.41. The van der Waals surface area contributed by atoms with Crippen LogP contribution in [-0.4, -0.2) is 35.4 Å². The average molecular weight is 406 g/mol. The van der Waals surface area contributed by atoms with Crippen molar-refractivity contribution in [2.45, 2.75) is 25.3 Å². The fraction of sp³-hybridized carbons (Fsp3) is 0.368. The average Bonchev–Trinajstić information content (AvgIpc) is 3.26. The van der Waals surface area contributed by atoms with Gasteiger partial charge >= 0.3 is 0 Å². The van der Waals surface area contributed by atoms with Crippen molar-refractivity contribution in [1.29, 1.82) is 0 Å².